The zero-order valence-corrected chi connectivity index (χ0v) is 12.1. The largest absolute Gasteiger partial charge is 0.416 e. The Kier molecular flexibility index (Phi) is 3.65. The van der Waals surface area contributed by atoms with Crippen LogP contribution in [0.3, 0.4) is 0 Å². The molecular weight excluding hydrogens is 307 g/mol. The quantitative estimate of drug-likeness (QED) is 0.884. The van der Waals surface area contributed by atoms with E-state index in [9.17, 15) is 18.0 Å². The van der Waals surface area contributed by atoms with E-state index >= 15 is 0 Å². The van der Waals surface area contributed by atoms with E-state index in [0.29, 0.717) is 5.52 Å². The third-order valence-corrected chi connectivity index (χ3v) is 3.57. The molecule has 0 aliphatic heterocycles. The van der Waals surface area contributed by atoms with Gasteiger partial charge in [-0.2, -0.15) is 13.2 Å². The van der Waals surface area contributed by atoms with Crippen LogP contribution in [-0.2, 0) is 22.4 Å². The van der Waals surface area contributed by atoms with E-state index in [1.165, 1.54) is 10.6 Å². The van der Waals surface area contributed by atoms with Crippen molar-refractivity contribution < 1.29 is 18.0 Å². The second-order valence-electron chi connectivity index (χ2n) is 5.12. The van der Waals surface area contributed by atoms with Gasteiger partial charge in [0.05, 0.1) is 22.5 Å². The molecule has 0 radical (unpaired) electrons. The van der Waals surface area contributed by atoms with Crippen molar-refractivity contribution in [2.45, 2.75) is 31.4 Å². The summed E-state index contributed by atoms with van der Waals surface area (Å²) in [5, 5.41) is 0. The summed E-state index contributed by atoms with van der Waals surface area (Å²) in [4.78, 5) is 15.7. The van der Waals surface area contributed by atoms with Crippen LogP contribution in [0.25, 0.3) is 11.0 Å². The summed E-state index contributed by atoms with van der Waals surface area (Å²) < 4.78 is 39.7. The average Bonchev–Trinajstić information content (AvgIpc) is 2.75. The van der Waals surface area contributed by atoms with Crippen LogP contribution in [0.1, 0.15) is 25.2 Å². The summed E-state index contributed by atoms with van der Waals surface area (Å²) in [5.74, 6) is -0.393. The number of nitrogens with two attached hydrogens (primary N) is 1. The monoisotopic (exact) mass is 319 g/mol. The number of carbonyl (C=O) groups excluding carboxylic acids is 1. The van der Waals surface area contributed by atoms with Crippen LogP contribution in [0.4, 0.5) is 13.2 Å². The van der Waals surface area contributed by atoms with Gasteiger partial charge in [-0.05, 0) is 32.0 Å². The first-order chi connectivity index (χ1) is 9.59. The topological polar surface area (TPSA) is 60.9 Å². The van der Waals surface area contributed by atoms with Crippen molar-refractivity contribution in [3.05, 3.63) is 29.6 Å². The highest BCUT2D eigenvalue weighted by Crippen LogP contribution is 2.33. The normalized spacial score (nSPS) is 12.9. The smallest absolute Gasteiger partial charge is 0.368 e. The van der Waals surface area contributed by atoms with Gasteiger partial charge >= 0.3 is 6.18 Å². The van der Waals surface area contributed by atoms with Gasteiger partial charge in [-0.15, -0.1) is 11.6 Å². The second kappa shape index (κ2) is 4.91. The van der Waals surface area contributed by atoms with Crippen LogP contribution >= 0.6 is 11.6 Å². The van der Waals surface area contributed by atoms with Crippen molar-refractivity contribution in [1.82, 2.24) is 9.55 Å². The fourth-order valence-corrected chi connectivity index (χ4v) is 2.31. The molecule has 1 amide bonds. The number of amides is 1. The van der Waals surface area contributed by atoms with Crippen molar-refractivity contribution in [2.24, 2.45) is 5.73 Å². The minimum Gasteiger partial charge on any atom is -0.368 e. The third kappa shape index (κ3) is 2.57. The molecule has 0 saturated heterocycles. The number of rotatable bonds is 3. The molecule has 0 atom stereocenters. The van der Waals surface area contributed by atoms with E-state index < -0.39 is 23.2 Å². The predicted molar refractivity (Wildman–Crippen MR) is 72.8 cm³/mol. The maximum atomic E-state index is 12.7. The number of hydrogen-bond acceptors (Lipinski definition) is 2. The zero-order chi connectivity index (χ0) is 16.0. The van der Waals surface area contributed by atoms with Crippen molar-refractivity contribution in [3.63, 3.8) is 0 Å². The maximum Gasteiger partial charge on any atom is 0.416 e. The SMILES string of the molecule is CC(C)(C(N)=O)n1c(CCl)nc2cc(C(F)(F)F)ccc21. The maximum absolute atomic E-state index is 12.7. The highest BCUT2D eigenvalue weighted by molar-refractivity contribution is 6.17. The Morgan fingerprint density at radius 2 is 2.00 bits per heavy atom. The first kappa shape index (κ1) is 15.6. The van der Waals surface area contributed by atoms with Crippen LogP contribution in [0.15, 0.2) is 18.2 Å². The van der Waals surface area contributed by atoms with Crippen molar-refractivity contribution in [1.29, 1.82) is 0 Å². The van der Waals surface area contributed by atoms with Crippen LogP contribution in [0, 0.1) is 0 Å². The Morgan fingerprint density at radius 3 is 2.48 bits per heavy atom. The summed E-state index contributed by atoms with van der Waals surface area (Å²) in [5.41, 5.74) is 3.90. The van der Waals surface area contributed by atoms with Gasteiger partial charge < -0.3 is 10.3 Å². The Labute approximate surface area is 123 Å². The molecule has 0 aliphatic rings. The van der Waals surface area contributed by atoms with Crippen LogP contribution < -0.4 is 5.73 Å². The molecule has 1 heterocycles. The van der Waals surface area contributed by atoms with Crippen molar-refractivity contribution in [2.75, 3.05) is 0 Å². The molecule has 0 aliphatic carbocycles. The standard InChI is InChI=1S/C13H13ClF3N3O/c1-12(2,11(18)21)20-9-4-3-7(13(15,16)17)5-8(9)19-10(20)6-14/h3-5H,6H2,1-2H3,(H2,18,21). The summed E-state index contributed by atoms with van der Waals surface area (Å²) >= 11 is 5.79. The van der Waals surface area contributed by atoms with Gasteiger partial charge in [0.25, 0.3) is 0 Å². The minimum absolute atomic E-state index is 0.0489. The van der Waals surface area contributed by atoms with E-state index in [-0.39, 0.29) is 17.2 Å². The van der Waals surface area contributed by atoms with Gasteiger partial charge in [0.1, 0.15) is 11.4 Å². The predicted octanol–water partition coefficient (Wildman–Crippen LogP) is 3.01. The number of fused-ring (bicyclic) bond motifs is 1. The van der Waals surface area contributed by atoms with Crippen molar-refractivity contribution >= 4 is 28.5 Å². The molecule has 8 heteroatoms. The molecular formula is C13H13ClF3N3O. The average molecular weight is 320 g/mol. The summed E-state index contributed by atoms with van der Waals surface area (Å²) in [7, 11) is 0. The Morgan fingerprint density at radius 1 is 1.38 bits per heavy atom. The minimum atomic E-state index is -4.46. The number of hydrogen-bond donors (Lipinski definition) is 1. The van der Waals surface area contributed by atoms with Crippen LogP contribution in [-0.4, -0.2) is 15.5 Å². The fraction of sp³-hybridized carbons (Fsp3) is 0.385. The van der Waals surface area contributed by atoms with Gasteiger partial charge in [0, 0.05) is 0 Å². The Balaban J connectivity index is 2.75. The van der Waals surface area contributed by atoms with E-state index in [4.69, 9.17) is 17.3 Å². The van der Waals surface area contributed by atoms with Crippen molar-refractivity contribution in [3.8, 4) is 0 Å². The summed E-state index contributed by atoms with van der Waals surface area (Å²) in [6.07, 6.45) is -4.46. The molecule has 2 N–H and O–H groups in total. The molecule has 21 heavy (non-hydrogen) atoms. The lowest BCUT2D eigenvalue weighted by Crippen LogP contribution is -2.41. The lowest BCUT2D eigenvalue weighted by Gasteiger charge is -2.25. The molecule has 0 spiro atoms. The number of carbonyl (C=O) groups is 1. The molecule has 114 valence electrons. The lowest BCUT2D eigenvalue weighted by atomic mass is 10.0. The van der Waals surface area contributed by atoms with Gasteiger partial charge in [-0.1, -0.05) is 0 Å². The molecule has 0 unspecified atom stereocenters. The fourth-order valence-electron chi connectivity index (χ4n) is 2.13. The van der Waals surface area contributed by atoms with E-state index in [0.717, 1.165) is 12.1 Å². The number of nitrogens with zero attached hydrogens (tertiary/aromatic N) is 2. The highest BCUT2D eigenvalue weighted by atomic mass is 35.5. The molecule has 1 aromatic heterocycles. The number of primary amides is 1. The Hall–Kier alpha value is -1.76. The highest BCUT2D eigenvalue weighted by Gasteiger charge is 2.34. The van der Waals surface area contributed by atoms with Crippen LogP contribution in [0.2, 0.25) is 0 Å². The Bertz CT molecular complexity index is 706. The number of alkyl halides is 4. The van der Waals surface area contributed by atoms with Gasteiger partial charge in [-0.25, -0.2) is 4.98 Å². The summed E-state index contributed by atoms with van der Waals surface area (Å²) in [6.45, 7) is 3.12. The first-order valence-electron chi connectivity index (χ1n) is 6.04. The van der Waals surface area contributed by atoms with E-state index in [2.05, 4.69) is 4.98 Å². The first-order valence-corrected chi connectivity index (χ1v) is 6.57. The molecule has 0 fully saturated rings. The summed E-state index contributed by atoms with van der Waals surface area (Å²) in [6, 6.07) is 3.14. The molecule has 2 rings (SSSR count). The van der Waals surface area contributed by atoms with Crippen LogP contribution in [0.5, 0.6) is 0 Å². The van der Waals surface area contributed by atoms with E-state index in [1.807, 2.05) is 0 Å². The van der Waals surface area contributed by atoms with Gasteiger partial charge in [-0.3, -0.25) is 4.79 Å². The number of imidazole rings is 1. The number of aromatic nitrogens is 2. The molecule has 4 nitrogen and oxygen atoms in total. The lowest BCUT2D eigenvalue weighted by molar-refractivity contribution is -0.137. The van der Waals surface area contributed by atoms with Gasteiger partial charge in [0.15, 0.2) is 0 Å². The number of halogens is 4. The zero-order valence-electron chi connectivity index (χ0n) is 11.3. The number of benzene rings is 1. The second-order valence-corrected chi connectivity index (χ2v) is 5.39. The molecule has 0 saturated carbocycles. The molecule has 0 bridgehead atoms. The van der Waals surface area contributed by atoms with Gasteiger partial charge in [0.2, 0.25) is 5.91 Å². The molecule has 1 aromatic carbocycles. The van der Waals surface area contributed by atoms with E-state index in [1.54, 1.807) is 13.8 Å². The molecule has 2 aromatic rings. The third-order valence-electron chi connectivity index (χ3n) is 3.33.